The summed E-state index contributed by atoms with van der Waals surface area (Å²) in [5.74, 6) is 0. The second kappa shape index (κ2) is 11.8. The maximum absolute atomic E-state index is 11.6. The van der Waals surface area contributed by atoms with Crippen molar-refractivity contribution >= 4 is 65.6 Å². The summed E-state index contributed by atoms with van der Waals surface area (Å²) in [6.07, 6.45) is 0. The summed E-state index contributed by atoms with van der Waals surface area (Å²) in [5, 5.41) is 29.5. The third-order valence-electron chi connectivity index (χ3n) is 11.0. The summed E-state index contributed by atoms with van der Waals surface area (Å²) in [4.78, 5) is 0. The number of hydrogen-bond acceptors (Lipinski definition) is 3. The average molecular weight is 701 g/mol. The number of nitrogens with zero attached hydrogens (tertiary/aromatic N) is 4. The van der Waals surface area contributed by atoms with Crippen molar-refractivity contribution < 1.29 is 4.42 Å². The number of furan rings is 1. The molecule has 0 saturated heterocycles. The Kier molecular flexibility index (Phi) is 6.61. The summed E-state index contributed by atoms with van der Waals surface area (Å²) in [5.41, 5.74) is 10.7. The molecule has 0 spiro atoms. The molecule has 0 bridgehead atoms. The molecule has 0 aliphatic rings. The number of fused-ring (bicyclic) bond motifs is 9. The molecule has 0 N–H and O–H groups in total. The van der Waals surface area contributed by atoms with Crippen LogP contribution in [0.5, 0.6) is 0 Å². The van der Waals surface area contributed by atoms with E-state index in [1.54, 1.807) is 0 Å². The van der Waals surface area contributed by atoms with Crippen molar-refractivity contribution in [3.05, 3.63) is 181 Å². The third-order valence-corrected chi connectivity index (χ3v) is 11.0. The standard InChI is InChI=1S/C50H28N4O/c51-29-39-47(31-15-3-1-4-16-31)50(53-41-23-11-7-19-33(41)34-20-8-12-24-42(34)53)48(32-17-5-2-6-18-32)40(30-52)49(39)54-43-25-13-9-21-35(43)37-27-38-36-22-10-14-26-45(36)55-46(38)28-44(37)54/h1-28H. The number of hydrogen-bond donors (Lipinski definition) is 0. The van der Waals surface area contributed by atoms with Crippen molar-refractivity contribution in [2.75, 3.05) is 0 Å². The summed E-state index contributed by atoms with van der Waals surface area (Å²) in [6, 6.07) is 62.9. The van der Waals surface area contributed by atoms with Crippen LogP contribution in [0.2, 0.25) is 0 Å². The lowest BCUT2D eigenvalue weighted by Crippen LogP contribution is -2.11. The van der Waals surface area contributed by atoms with Crippen molar-refractivity contribution in [3.8, 4) is 45.8 Å². The van der Waals surface area contributed by atoms with Crippen molar-refractivity contribution in [2.45, 2.75) is 0 Å². The Bertz CT molecular complexity index is 3310. The molecular weight excluding hydrogens is 673 g/mol. The molecule has 3 heterocycles. The van der Waals surface area contributed by atoms with Crippen LogP contribution in [0.3, 0.4) is 0 Å². The van der Waals surface area contributed by atoms with Crippen molar-refractivity contribution in [1.82, 2.24) is 9.13 Å². The third kappa shape index (κ3) is 4.33. The van der Waals surface area contributed by atoms with Crippen LogP contribution in [-0.4, -0.2) is 9.13 Å². The Morgan fingerprint density at radius 3 is 1.33 bits per heavy atom. The molecule has 0 aliphatic carbocycles. The lowest BCUT2D eigenvalue weighted by Gasteiger charge is -2.25. The van der Waals surface area contributed by atoms with E-state index in [-0.39, 0.29) is 0 Å². The molecule has 55 heavy (non-hydrogen) atoms. The molecule has 11 rings (SSSR count). The fraction of sp³-hybridized carbons (Fsp3) is 0. The molecule has 0 saturated carbocycles. The smallest absolute Gasteiger partial charge is 0.137 e. The van der Waals surface area contributed by atoms with E-state index in [0.717, 1.165) is 93.5 Å². The number of benzene rings is 8. The number of para-hydroxylation sites is 4. The van der Waals surface area contributed by atoms with Crippen LogP contribution in [0.15, 0.2) is 174 Å². The molecule has 254 valence electrons. The molecule has 0 amide bonds. The van der Waals surface area contributed by atoms with Crippen LogP contribution in [0.1, 0.15) is 11.1 Å². The quantitative estimate of drug-likeness (QED) is 0.183. The fourth-order valence-corrected chi connectivity index (χ4v) is 8.75. The zero-order valence-electron chi connectivity index (χ0n) is 29.4. The minimum absolute atomic E-state index is 0.409. The van der Waals surface area contributed by atoms with Crippen LogP contribution < -0.4 is 0 Å². The molecule has 5 nitrogen and oxygen atoms in total. The molecule has 0 radical (unpaired) electrons. The minimum Gasteiger partial charge on any atom is -0.456 e. The van der Waals surface area contributed by atoms with Crippen LogP contribution >= 0.6 is 0 Å². The highest BCUT2D eigenvalue weighted by molar-refractivity contribution is 6.18. The Labute approximate surface area is 315 Å². The molecule has 0 fully saturated rings. The van der Waals surface area contributed by atoms with E-state index in [1.165, 1.54) is 0 Å². The molecular formula is C50H28N4O. The molecule has 0 atom stereocenters. The monoisotopic (exact) mass is 700 g/mol. The van der Waals surface area contributed by atoms with Gasteiger partial charge in [-0.3, -0.25) is 0 Å². The van der Waals surface area contributed by atoms with Crippen molar-refractivity contribution in [1.29, 1.82) is 10.5 Å². The summed E-state index contributed by atoms with van der Waals surface area (Å²) in [7, 11) is 0. The Morgan fingerprint density at radius 1 is 0.364 bits per heavy atom. The zero-order valence-corrected chi connectivity index (χ0v) is 29.4. The summed E-state index contributed by atoms with van der Waals surface area (Å²) >= 11 is 0. The van der Waals surface area contributed by atoms with E-state index in [2.05, 4.69) is 112 Å². The Hall–Kier alpha value is -7.86. The zero-order chi connectivity index (χ0) is 36.6. The van der Waals surface area contributed by atoms with Gasteiger partial charge in [-0.1, -0.05) is 133 Å². The normalized spacial score (nSPS) is 11.6. The first-order valence-corrected chi connectivity index (χ1v) is 18.2. The highest BCUT2D eigenvalue weighted by Gasteiger charge is 2.31. The van der Waals surface area contributed by atoms with Crippen LogP contribution in [0.25, 0.3) is 99.2 Å². The fourth-order valence-electron chi connectivity index (χ4n) is 8.75. The van der Waals surface area contributed by atoms with Crippen LogP contribution in [-0.2, 0) is 0 Å². The first-order valence-electron chi connectivity index (χ1n) is 18.2. The van der Waals surface area contributed by atoms with Gasteiger partial charge in [-0.15, -0.1) is 0 Å². The number of nitriles is 2. The largest absolute Gasteiger partial charge is 0.456 e. The predicted octanol–water partition coefficient (Wildman–Crippen LogP) is 12.9. The van der Waals surface area contributed by atoms with Gasteiger partial charge in [0, 0.05) is 49.5 Å². The van der Waals surface area contributed by atoms with E-state index in [9.17, 15) is 10.5 Å². The number of aromatic nitrogens is 2. The summed E-state index contributed by atoms with van der Waals surface area (Å²) in [6.45, 7) is 0. The first kappa shape index (κ1) is 30.7. The van der Waals surface area contributed by atoms with Gasteiger partial charge >= 0.3 is 0 Å². The minimum atomic E-state index is 0.409. The Balaban J connectivity index is 1.40. The van der Waals surface area contributed by atoms with Crippen LogP contribution in [0, 0.1) is 22.7 Å². The molecule has 5 heteroatoms. The highest BCUT2D eigenvalue weighted by atomic mass is 16.3. The molecule has 0 unspecified atom stereocenters. The van der Waals surface area contributed by atoms with Gasteiger partial charge in [0.15, 0.2) is 0 Å². The Morgan fingerprint density at radius 2 is 0.800 bits per heavy atom. The molecule has 8 aromatic carbocycles. The van der Waals surface area contributed by atoms with E-state index >= 15 is 0 Å². The topological polar surface area (TPSA) is 70.6 Å². The van der Waals surface area contributed by atoms with E-state index < -0.39 is 0 Å². The van der Waals surface area contributed by atoms with E-state index in [1.807, 2.05) is 78.9 Å². The highest BCUT2D eigenvalue weighted by Crippen LogP contribution is 2.49. The number of rotatable bonds is 4. The van der Waals surface area contributed by atoms with Gasteiger partial charge < -0.3 is 13.6 Å². The van der Waals surface area contributed by atoms with E-state index in [0.29, 0.717) is 16.8 Å². The van der Waals surface area contributed by atoms with Gasteiger partial charge in [-0.05, 0) is 41.5 Å². The van der Waals surface area contributed by atoms with Crippen molar-refractivity contribution in [3.63, 3.8) is 0 Å². The van der Waals surface area contributed by atoms with Gasteiger partial charge in [0.25, 0.3) is 0 Å². The van der Waals surface area contributed by atoms with Gasteiger partial charge in [-0.2, -0.15) is 10.5 Å². The average Bonchev–Trinajstić information content (AvgIpc) is 3.89. The van der Waals surface area contributed by atoms with Crippen LogP contribution in [0.4, 0.5) is 0 Å². The SMILES string of the molecule is N#Cc1c(-c2ccccc2)c(-n2c3ccccc3c3ccccc32)c(-c2ccccc2)c(C#N)c1-n1c2ccccc2c2cc3c(cc21)oc1ccccc13. The second-order valence-electron chi connectivity index (χ2n) is 13.8. The second-order valence-corrected chi connectivity index (χ2v) is 13.8. The van der Waals surface area contributed by atoms with Gasteiger partial charge in [-0.25, -0.2) is 0 Å². The molecule has 11 aromatic rings. The molecule has 3 aromatic heterocycles. The maximum atomic E-state index is 11.6. The lowest BCUT2D eigenvalue weighted by molar-refractivity contribution is 0.669. The van der Waals surface area contributed by atoms with E-state index in [4.69, 9.17) is 4.42 Å². The summed E-state index contributed by atoms with van der Waals surface area (Å²) < 4.78 is 10.8. The molecule has 0 aliphatic heterocycles. The van der Waals surface area contributed by atoms with Gasteiger partial charge in [0.05, 0.1) is 44.6 Å². The van der Waals surface area contributed by atoms with Gasteiger partial charge in [0.1, 0.15) is 23.3 Å². The predicted molar refractivity (Wildman–Crippen MR) is 223 cm³/mol. The van der Waals surface area contributed by atoms with Gasteiger partial charge in [0.2, 0.25) is 0 Å². The van der Waals surface area contributed by atoms with Crippen molar-refractivity contribution in [2.24, 2.45) is 0 Å². The lowest BCUT2D eigenvalue weighted by atomic mass is 9.86. The first-order chi connectivity index (χ1) is 27.2. The maximum Gasteiger partial charge on any atom is 0.137 e.